The van der Waals surface area contributed by atoms with E-state index < -0.39 is 11.9 Å². The molecule has 0 bridgehead atoms. The van der Waals surface area contributed by atoms with Gasteiger partial charge in [0.05, 0.1) is 18.4 Å². The summed E-state index contributed by atoms with van der Waals surface area (Å²) in [4.78, 5) is 23.6. The highest BCUT2D eigenvalue weighted by atomic mass is 16.5. The molecule has 1 amide bonds. The SMILES string of the molecule is COc1ccccc1NC(=O)C(N=Nc1ccccc1C(=O)O)=C(C)O. The van der Waals surface area contributed by atoms with Gasteiger partial charge in [0.1, 0.15) is 17.2 Å². The number of anilines is 1. The van der Waals surface area contributed by atoms with Crippen LogP contribution in [0.4, 0.5) is 11.4 Å². The quantitative estimate of drug-likeness (QED) is 0.412. The number of hydrogen-bond acceptors (Lipinski definition) is 6. The minimum Gasteiger partial charge on any atom is -0.510 e. The van der Waals surface area contributed by atoms with E-state index in [1.54, 1.807) is 36.4 Å². The third-order valence-corrected chi connectivity index (χ3v) is 3.31. The van der Waals surface area contributed by atoms with Crippen molar-refractivity contribution in [1.82, 2.24) is 0 Å². The van der Waals surface area contributed by atoms with Gasteiger partial charge in [-0.1, -0.05) is 24.3 Å². The van der Waals surface area contributed by atoms with E-state index in [2.05, 4.69) is 15.5 Å². The molecule has 0 aromatic heterocycles. The molecule has 2 rings (SSSR count). The van der Waals surface area contributed by atoms with Crippen LogP contribution >= 0.6 is 0 Å². The molecule has 0 heterocycles. The van der Waals surface area contributed by atoms with Crippen LogP contribution in [-0.2, 0) is 4.79 Å². The van der Waals surface area contributed by atoms with E-state index >= 15 is 0 Å². The van der Waals surface area contributed by atoms with Crippen molar-refractivity contribution in [3.63, 3.8) is 0 Å². The third kappa shape index (κ3) is 4.44. The molecule has 0 radical (unpaired) electrons. The molecule has 2 aromatic carbocycles. The summed E-state index contributed by atoms with van der Waals surface area (Å²) >= 11 is 0. The number of nitrogens with one attached hydrogen (secondary N) is 1. The van der Waals surface area contributed by atoms with Gasteiger partial charge in [-0.2, -0.15) is 0 Å². The zero-order valence-corrected chi connectivity index (χ0v) is 14.1. The minimum absolute atomic E-state index is 0.0591. The second-order valence-electron chi connectivity index (χ2n) is 5.11. The molecular weight excluding hydrogens is 338 g/mol. The monoisotopic (exact) mass is 355 g/mol. The van der Waals surface area contributed by atoms with Gasteiger partial charge in [-0.3, -0.25) is 4.79 Å². The molecule has 134 valence electrons. The van der Waals surface area contributed by atoms with Crippen LogP contribution in [0.1, 0.15) is 17.3 Å². The standard InChI is InChI=1S/C18H17N3O5/c1-11(22)16(17(23)19-14-9-5-6-10-15(14)26-2)21-20-13-8-4-3-7-12(13)18(24)25/h3-10,22H,1-2H3,(H,19,23)(H,24,25). The number of carbonyl (C=O) groups is 2. The van der Waals surface area contributed by atoms with Crippen molar-refractivity contribution in [1.29, 1.82) is 0 Å². The topological polar surface area (TPSA) is 121 Å². The van der Waals surface area contributed by atoms with Crippen molar-refractivity contribution >= 4 is 23.3 Å². The molecule has 26 heavy (non-hydrogen) atoms. The van der Waals surface area contributed by atoms with E-state index in [1.807, 2.05) is 0 Å². The van der Waals surface area contributed by atoms with E-state index in [0.29, 0.717) is 11.4 Å². The Labute approximate surface area is 149 Å². The lowest BCUT2D eigenvalue weighted by Crippen LogP contribution is -2.15. The van der Waals surface area contributed by atoms with Crippen molar-refractivity contribution in [2.45, 2.75) is 6.92 Å². The van der Waals surface area contributed by atoms with Crippen molar-refractivity contribution in [2.24, 2.45) is 10.2 Å². The van der Waals surface area contributed by atoms with Gasteiger partial charge in [-0.05, 0) is 31.2 Å². The summed E-state index contributed by atoms with van der Waals surface area (Å²) in [5, 5.41) is 29.0. The number of carboxylic acids is 1. The summed E-state index contributed by atoms with van der Waals surface area (Å²) < 4.78 is 5.15. The Balaban J connectivity index is 2.29. The van der Waals surface area contributed by atoms with Crippen LogP contribution in [-0.4, -0.2) is 29.2 Å². The highest BCUT2D eigenvalue weighted by molar-refractivity contribution is 6.04. The highest BCUT2D eigenvalue weighted by Gasteiger charge is 2.16. The lowest BCUT2D eigenvalue weighted by molar-refractivity contribution is -0.113. The molecule has 3 N–H and O–H groups in total. The van der Waals surface area contributed by atoms with E-state index in [1.165, 1.54) is 26.2 Å². The van der Waals surface area contributed by atoms with Crippen LogP contribution in [0.15, 0.2) is 70.2 Å². The predicted octanol–water partition coefficient (Wildman–Crippen LogP) is 3.91. The van der Waals surface area contributed by atoms with Crippen molar-refractivity contribution < 1.29 is 24.5 Å². The number of allylic oxidation sites excluding steroid dienone is 1. The van der Waals surface area contributed by atoms with E-state index in [0.717, 1.165) is 0 Å². The number of aliphatic hydroxyl groups excluding tert-OH is 1. The zero-order chi connectivity index (χ0) is 19.1. The first-order valence-corrected chi connectivity index (χ1v) is 7.52. The van der Waals surface area contributed by atoms with Gasteiger partial charge in [0.2, 0.25) is 0 Å². The smallest absolute Gasteiger partial charge is 0.337 e. The Bertz CT molecular complexity index is 886. The largest absolute Gasteiger partial charge is 0.510 e. The van der Waals surface area contributed by atoms with E-state index in [-0.39, 0.29) is 22.7 Å². The summed E-state index contributed by atoms with van der Waals surface area (Å²) in [6.45, 7) is 1.28. The Hall–Kier alpha value is -3.68. The number of methoxy groups -OCH3 is 1. The number of azo groups is 1. The number of benzene rings is 2. The van der Waals surface area contributed by atoms with Gasteiger partial charge >= 0.3 is 5.97 Å². The van der Waals surface area contributed by atoms with Crippen molar-refractivity contribution in [3.8, 4) is 5.75 Å². The molecule has 0 saturated heterocycles. The summed E-state index contributed by atoms with van der Waals surface area (Å²) in [6.07, 6.45) is 0. The molecule has 8 nitrogen and oxygen atoms in total. The molecule has 2 aromatic rings. The fourth-order valence-electron chi connectivity index (χ4n) is 2.06. The molecule has 0 saturated carbocycles. The maximum atomic E-state index is 12.4. The van der Waals surface area contributed by atoms with Gasteiger partial charge in [-0.15, -0.1) is 10.2 Å². The van der Waals surface area contributed by atoms with Crippen LogP contribution in [0.25, 0.3) is 0 Å². The summed E-state index contributed by atoms with van der Waals surface area (Å²) in [6, 6.07) is 12.7. The molecule has 0 atom stereocenters. The number of hydrogen-bond donors (Lipinski definition) is 3. The maximum Gasteiger partial charge on any atom is 0.337 e. The average Bonchev–Trinajstić information content (AvgIpc) is 2.62. The molecule has 0 fully saturated rings. The van der Waals surface area contributed by atoms with Gasteiger partial charge in [0.25, 0.3) is 5.91 Å². The zero-order valence-electron chi connectivity index (χ0n) is 14.1. The van der Waals surface area contributed by atoms with E-state index in [9.17, 15) is 14.7 Å². The molecule has 0 aliphatic heterocycles. The average molecular weight is 355 g/mol. The maximum absolute atomic E-state index is 12.4. The number of rotatable bonds is 6. The van der Waals surface area contributed by atoms with Gasteiger partial charge in [0.15, 0.2) is 5.70 Å². The summed E-state index contributed by atoms with van der Waals surface area (Å²) in [7, 11) is 1.46. The van der Waals surface area contributed by atoms with Crippen molar-refractivity contribution in [3.05, 3.63) is 65.6 Å². The third-order valence-electron chi connectivity index (χ3n) is 3.31. The van der Waals surface area contributed by atoms with Crippen LogP contribution in [0.3, 0.4) is 0 Å². The summed E-state index contributed by atoms with van der Waals surface area (Å²) in [5.41, 5.74) is 0.0242. The molecule has 0 aliphatic carbocycles. The molecule has 0 spiro atoms. The Morgan fingerprint density at radius 2 is 1.69 bits per heavy atom. The first-order valence-electron chi connectivity index (χ1n) is 7.52. The predicted molar refractivity (Wildman–Crippen MR) is 94.9 cm³/mol. The number of para-hydroxylation sites is 2. The molecule has 0 unspecified atom stereocenters. The lowest BCUT2D eigenvalue weighted by atomic mass is 10.2. The molecule has 8 heteroatoms. The molecular formula is C18H17N3O5. The van der Waals surface area contributed by atoms with Crippen LogP contribution < -0.4 is 10.1 Å². The first kappa shape index (κ1) is 18.7. The van der Waals surface area contributed by atoms with E-state index in [4.69, 9.17) is 9.84 Å². The number of carboxylic acid groups (broad SMARTS) is 1. The highest BCUT2D eigenvalue weighted by Crippen LogP contribution is 2.25. The van der Waals surface area contributed by atoms with Crippen molar-refractivity contribution in [2.75, 3.05) is 12.4 Å². The van der Waals surface area contributed by atoms with Crippen LogP contribution in [0, 0.1) is 0 Å². The minimum atomic E-state index is -1.18. The van der Waals surface area contributed by atoms with Crippen LogP contribution in [0.5, 0.6) is 5.75 Å². The van der Waals surface area contributed by atoms with Gasteiger partial charge in [0, 0.05) is 0 Å². The number of ether oxygens (including phenoxy) is 1. The molecule has 0 aliphatic rings. The number of nitrogens with zero attached hydrogens (tertiary/aromatic N) is 2. The Morgan fingerprint density at radius 3 is 2.35 bits per heavy atom. The normalized spacial score (nSPS) is 11.8. The van der Waals surface area contributed by atoms with Gasteiger partial charge in [-0.25, -0.2) is 4.79 Å². The first-order chi connectivity index (χ1) is 12.4. The fraction of sp³-hybridized carbons (Fsp3) is 0.111. The second-order valence-corrected chi connectivity index (χ2v) is 5.11. The number of aromatic carboxylic acids is 1. The van der Waals surface area contributed by atoms with Gasteiger partial charge < -0.3 is 20.3 Å². The second kappa shape index (κ2) is 8.43. The van der Waals surface area contributed by atoms with Crippen LogP contribution in [0.2, 0.25) is 0 Å². The number of aliphatic hydroxyl groups is 1. The number of carbonyl (C=O) groups excluding carboxylic acids is 1. The summed E-state index contributed by atoms with van der Waals surface area (Å²) in [5.74, 6) is -1.83. The lowest BCUT2D eigenvalue weighted by Gasteiger charge is -2.10. The fourth-order valence-corrected chi connectivity index (χ4v) is 2.06. The Kier molecular flexibility index (Phi) is 6.05. The number of amides is 1. The Morgan fingerprint density at radius 1 is 1.04 bits per heavy atom.